The molecule has 1 saturated heterocycles. The third kappa shape index (κ3) is 4.66. The minimum Gasteiger partial charge on any atom is -0.475 e. The first-order valence-electron chi connectivity index (χ1n) is 12.2. The fourth-order valence-corrected chi connectivity index (χ4v) is 4.87. The van der Waals surface area contributed by atoms with Crippen LogP contribution < -0.4 is 4.74 Å². The predicted molar refractivity (Wildman–Crippen MR) is 143 cm³/mol. The highest BCUT2D eigenvalue weighted by Gasteiger charge is 2.29. The molecule has 192 valence electrons. The van der Waals surface area contributed by atoms with Gasteiger partial charge in [-0.3, -0.25) is 4.79 Å². The maximum atomic E-state index is 14.0. The summed E-state index contributed by atoms with van der Waals surface area (Å²) in [5.41, 5.74) is 3.41. The van der Waals surface area contributed by atoms with Gasteiger partial charge in [-0.15, -0.1) is 15.3 Å². The Morgan fingerprint density at radius 3 is 2.76 bits per heavy atom. The molecule has 3 aromatic heterocycles. The SMILES string of the molecule is CSc1nc2nc(C)cc(OCC3CN(C(=O)c4c(-c5ccccc5)nnc5ccccc45)CCO3)n2n1. The summed E-state index contributed by atoms with van der Waals surface area (Å²) in [4.78, 5) is 24.6. The molecular formula is C27H25N7O3S. The number of rotatable bonds is 6. The van der Waals surface area contributed by atoms with Gasteiger partial charge in [-0.2, -0.15) is 9.50 Å². The van der Waals surface area contributed by atoms with E-state index in [9.17, 15) is 4.79 Å². The lowest BCUT2D eigenvalue weighted by Gasteiger charge is -2.33. The number of ether oxygens (including phenoxy) is 2. The standard InChI is InChI=1S/C27H25N7O3S/c1-17-14-22(34-26(28-17)29-27(32-34)38-2)37-16-19-15-33(12-13-36-19)25(35)23-20-10-6-7-11-21(20)30-31-24(23)18-8-4-3-5-9-18/h3-11,14,19H,12-13,15-16H2,1-2H3. The monoisotopic (exact) mass is 527 g/mol. The van der Waals surface area contributed by atoms with Crippen LogP contribution in [0.15, 0.2) is 65.8 Å². The Morgan fingerprint density at radius 2 is 1.92 bits per heavy atom. The summed E-state index contributed by atoms with van der Waals surface area (Å²) in [5.74, 6) is 0.908. The van der Waals surface area contributed by atoms with E-state index in [-0.39, 0.29) is 18.6 Å². The van der Waals surface area contributed by atoms with E-state index in [1.165, 1.54) is 11.8 Å². The number of hydrogen-bond donors (Lipinski definition) is 0. The number of carbonyl (C=O) groups is 1. The second-order valence-corrected chi connectivity index (χ2v) is 9.68. The first kappa shape index (κ1) is 24.3. The zero-order valence-corrected chi connectivity index (χ0v) is 21.8. The lowest BCUT2D eigenvalue weighted by atomic mass is 10.0. The maximum absolute atomic E-state index is 14.0. The molecule has 11 heteroatoms. The number of amides is 1. The Kier molecular flexibility index (Phi) is 6.61. The highest BCUT2D eigenvalue weighted by Crippen LogP contribution is 2.29. The van der Waals surface area contributed by atoms with Crippen molar-refractivity contribution < 1.29 is 14.3 Å². The molecule has 38 heavy (non-hydrogen) atoms. The lowest BCUT2D eigenvalue weighted by molar-refractivity contribution is -0.0409. The third-order valence-corrected chi connectivity index (χ3v) is 6.88. The first-order valence-corrected chi connectivity index (χ1v) is 13.5. The Balaban J connectivity index is 1.26. The van der Waals surface area contributed by atoms with Crippen molar-refractivity contribution >= 4 is 34.3 Å². The molecular weight excluding hydrogens is 502 g/mol. The van der Waals surface area contributed by atoms with E-state index in [0.29, 0.717) is 53.3 Å². The summed E-state index contributed by atoms with van der Waals surface area (Å²) < 4.78 is 13.7. The van der Waals surface area contributed by atoms with Crippen molar-refractivity contribution in [1.29, 1.82) is 0 Å². The van der Waals surface area contributed by atoms with Gasteiger partial charge in [0, 0.05) is 29.3 Å². The largest absolute Gasteiger partial charge is 0.475 e. The zero-order chi connectivity index (χ0) is 26.1. The highest BCUT2D eigenvalue weighted by molar-refractivity contribution is 7.98. The summed E-state index contributed by atoms with van der Waals surface area (Å²) in [6, 6.07) is 19.1. The van der Waals surface area contributed by atoms with Gasteiger partial charge in [-0.05, 0) is 19.2 Å². The molecule has 1 fully saturated rings. The van der Waals surface area contributed by atoms with Gasteiger partial charge in [0.15, 0.2) is 0 Å². The van der Waals surface area contributed by atoms with Gasteiger partial charge in [-0.25, -0.2) is 4.98 Å². The van der Waals surface area contributed by atoms with Gasteiger partial charge in [0.25, 0.3) is 11.7 Å². The molecule has 2 aromatic carbocycles. The molecule has 4 heterocycles. The first-order chi connectivity index (χ1) is 18.6. The molecule has 0 radical (unpaired) electrons. The summed E-state index contributed by atoms with van der Waals surface area (Å²) in [7, 11) is 0. The minimum absolute atomic E-state index is 0.105. The van der Waals surface area contributed by atoms with Crippen molar-refractivity contribution in [2.24, 2.45) is 0 Å². The van der Waals surface area contributed by atoms with E-state index in [4.69, 9.17) is 9.47 Å². The van der Waals surface area contributed by atoms with Crippen molar-refractivity contribution in [2.45, 2.75) is 18.2 Å². The molecule has 1 amide bonds. The summed E-state index contributed by atoms with van der Waals surface area (Å²) in [5, 5.41) is 14.7. The Bertz CT molecular complexity index is 1630. The van der Waals surface area contributed by atoms with Crippen molar-refractivity contribution in [2.75, 3.05) is 32.6 Å². The van der Waals surface area contributed by atoms with Crippen molar-refractivity contribution in [3.63, 3.8) is 0 Å². The van der Waals surface area contributed by atoms with E-state index in [2.05, 4.69) is 25.3 Å². The molecule has 5 aromatic rings. The number of fused-ring (bicyclic) bond motifs is 2. The predicted octanol–water partition coefficient (Wildman–Crippen LogP) is 3.68. The zero-order valence-electron chi connectivity index (χ0n) is 20.9. The van der Waals surface area contributed by atoms with Gasteiger partial charge in [0.05, 0.1) is 24.2 Å². The molecule has 0 spiro atoms. The van der Waals surface area contributed by atoms with Gasteiger partial charge in [0.1, 0.15) is 18.4 Å². The van der Waals surface area contributed by atoms with Crippen LogP contribution in [0.4, 0.5) is 0 Å². The van der Waals surface area contributed by atoms with Crippen LogP contribution in [0.1, 0.15) is 16.1 Å². The van der Waals surface area contributed by atoms with Crippen molar-refractivity contribution in [3.05, 3.63) is 71.9 Å². The topological polar surface area (TPSA) is 108 Å². The van der Waals surface area contributed by atoms with Crippen LogP contribution in [-0.4, -0.2) is 79.2 Å². The van der Waals surface area contributed by atoms with E-state index in [1.54, 1.807) is 4.52 Å². The van der Waals surface area contributed by atoms with Crippen LogP contribution in [0.2, 0.25) is 0 Å². The van der Waals surface area contributed by atoms with Crippen LogP contribution >= 0.6 is 11.8 Å². The molecule has 1 aliphatic rings. The third-order valence-electron chi connectivity index (χ3n) is 6.34. The molecule has 0 aliphatic carbocycles. The second-order valence-electron chi connectivity index (χ2n) is 8.91. The number of carbonyl (C=O) groups excluding carboxylic acids is 1. The molecule has 0 saturated carbocycles. The Labute approximate surface area is 223 Å². The van der Waals surface area contributed by atoms with E-state index < -0.39 is 0 Å². The smallest absolute Gasteiger partial charge is 0.257 e. The van der Waals surface area contributed by atoms with Crippen LogP contribution in [0.3, 0.4) is 0 Å². The number of hydrogen-bond acceptors (Lipinski definition) is 9. The molecule has 6 rings (SSSR count). The Hall–Kier alpha value is -4.09. The quantitative estimate of drug-likeness (QED) is 0.306. The lowest BCUT2D eigenvalue weighted by Crippen LogP contribution is -2.47. The van der Waals surface area contributed by atoms with Crippen LogP contribution in [-0.2, 0) is 4.74 Å². The van der Waals surface area contributed by atoms with Crippen molar-refractivity contribution in [3.8, 4) is 17.1 Å². The van der Waals surface area contributed by atoms with Gasteiger partial charge < -0.3 is 14.4 Å². The van der Waals surface area contributed by atoms with Crippen LogP contribution in [0.25, 0.3) is 27.9 Å². The number of thioether (sulfide) groups is 1. The second kappa shape index (κ2) is 10.3. The molecule has 1 atom stereocenters. The van der Waals surface area contributed by atoms with E-state index in [1.807, 2.05) is 78.7 Å². The molecule has 10 nitrogen and oxygen atoms in total. The molecule has 0 N–H and O–H groups in total. The summed E-state index contributed by atoms with van der Waals surface area (Å²) >= 11 is 1.44. The molecule has 1 aliphatic heterocycles. The summed E-state index contributed by atoms with van der Waals surface area (Å²) in [6.45, 7) is 3.39. The van der Waals surface area contributed by atoms with Crippen LogP contribution in [0.5, 0.6) is 5.88 Å². The van der Waals surface area contributed by atoms with E-state index >= 15 is 0 Å². The van der Waals surface area contributed by atoms with Crippen molar-refractivity contribution in [1.82, 2.24) is 34.7 Å². The number of nitrogens with zero attached hydrogens (tertiary/aromatic N) is 7. The fraction of sp³-hybridized carbons (Fsp3) is 0.259. The van der Waals surface area contributed by atoms with E-state index in [0.717, 1.165) is 16.6 Å². The minimum atomic E-state index is -0.319. The number of benzene rings is 2. The number of aryl methyl sites for hydroxylation is 1. The molecule has 0 bridgehead atoms. The van der Waals surface area contributed by atoms with Gasteiger partial charge >= 0.3 is 0 Å². The number of aromatic nitrogens is 6. The average molecular weight is 528 g/mol. The fourth-order valence-electron chi connectivity index (χ4n) is 4.53. The van der Waals surface area contributed by atoms with Gasteiger partial charge in [-0.1, -0.05) is 60.3 Å². The normalized spacial score (nSPS) is 15.7. The van der Waals surface area contributed by atoms with Gasteiger partial charge in [0.2, 0.25) is 11.0 Å². The average Bonchev–Trinajstić information content (AvgIpc) is 3.39. The molecule has 1 unspecified atom stereocenters. The Morgan fingerprint density at radius 1 is 1.11 bits per heavy atom. The maximum Gasteiger partial charge on any atom is 0.257 e. The number of morpholine rings is 1. The highest BCUT2D eigenvalue weighted by atomic mass is 32.2. The summed E-state index contributed by atoms with van der Waals surface area (Å²) in [6.07, 6.45) is 1.59. The van der Waals surface area contributed by atoms with Crippen LogP contribution in [0, 0.1) is 6.92 Å².